The number of likely N-dealkylation sites (tertiary alicyclic amines) is 1. The third-order valence-corrected chi connectivity index (χ3v) is 7.93. The summed E-state index contributed by atoms with van der Waals surface area (Å²) in [6.07, 6.45) is 10.3. The minimum absolute atomic E-state index is 0.0594. The van der Waals surface area contributed by atoms with Crippen molar-refractivity contribution in [2.75, 3.05) is 26.2 Å². The van der Waals surface area contributed by atoms with Gasteiger partial charge in [0.2, 0.25) is 5.91 Å². The topological polar surface area (TPSA) is 49.3 Å². The fourth-order valence-corrected chi connectivity index (χ4v) is 5.88. The average molecular weight is 439 g/mol. The first-order chi connectivity index (χ1) is 15.6. The van der Waals surface area contributed by atoms with Gasteiger partial charge in [0.05, 0.1) is 6.54 Å². The van der Waals surface area contributed by atoms with Crippen LogP contribution in [0.5, 0.6) is 0 Å². The molecule has 2 fully saturated rings. The van der Waals surface area contributed by atoms with Gasteiger partial charge in [-0.1, -0.05) is 39.0 Å². The zero-order valence-corrected chi connectivity index (χ0v) is 20.3. The lowest BCUT2D eigenvalue weighted by molar-refractivity contribution is -0.120. The summed E-state index contributed by atoms with van der Waals surface area (Å²) < 4.78 is 2.49. The first-order valence-electron chi connectivity index (χ1n) is 12.9. The van der Waals surface area contributed by atoms with Crippen LogP contribution < -0.4 is 10.6 Å². The van der Waals surface area contributed by atoms with Crippen LogP contribution in [0.25, 0.3) is 10.9 Å². The van der Waals surface area contributed by atoms with Gasteiger partial charge in [-0.15, -0.1) is 0 Å². The molecule has 1 aromatic heterocycles. The van der Waals surface area contributed by atoms with E-state index in [0.29, 0.717) is 19.1 Å². The maximum absolute atomic E-state index is 12.1. The molecule has 0 radical (unpaired) electrons. The number of carbonyl (C=O) groups is 1. The molecule has 1 aliphatic carbocycles. The standard InChI is InChI=1S/C27H42N4O/c1-4-28-18-27(32)29-17-22-19-31(26-8-6-5-7-25(22)26)24-13-15-30(16-14-24)23-11-9-21(10-12-23)20(2)3/h5-8,19-21,23-24,28H,4,9-18H2,1-3H3,(H,29,32). The average Bonchev–Trinajstić information content (AvgIpc) is 3.20. The lowest BCUT2D eigenvalue weighted by Crippen LogP contribution is -2.43. The first-order valence-corrected chi connectivity index (χ1v) is 12.9. The Morgan fingerprint density at radius 2 is 1.75 bits per heavy atom. The summed E-state index contributed by atoms with van der Waals surface area (Å²) in [5.74, 6) is 1.83. The van der Waals surface area contributed by atoms with E-state index < -0.39 is 0 Å². The van der Waals surface area contributed by atoms with Crippen molar-refractivity contribution in [1.82, 2.24) is 20.1 Å². The molecule has 1 saturated carbocycles. The molecule has 176 valence electrons. The van der Waals surface area contributed by atoms with Crippen LogP contribution in [0, 0.1) is 11.8 Å². The van der Waals surface area contributed by atoms with Gasteiger partial charge in [-0.05, 0) is 68.5 Å². The van der Waals surface area contributed by atoms with Gasteiger partial charge < -0.3 is 20.1 Å². The summed E-state index contributed by atoms with van der Waals surface area (Å²) in [7, 11) is 0. The van der Waals surface area contributed by atoms with E-state index in [1.54, 1.807) is 0 Å². The Balaban J connectivity index is 1.38. The van der Waals surface area contributed by atoms with Gasteiger partial charge >= 0.3 is 0 Å². The minimum Gasteiger partial charge on any atom is -0.351 e. The van der Waals surface area contributed by atoms with Crippen molar-refractivity contribution in [2.45, 2.75) is 77.9 Å². The van der Waals surface area contributed by atoms with Crippen LogP contribution in [-0.4, -0.2) is 47.6 Å². The first kappa shape index (κ1) is 23.3. The van der Waals surface area contributed by atoms with Crippen LogP contribution in [0.3, 0.4) is 0 Å². The number of amides is 1. The van der Waals surface area contributed by atoms with Crippen LogP contribution in [0.1, 0.15) is 70.9 Å². The van der Waals surface area contributed by atoms with Crippen molar-refractivity contribution in [3.63, 3.8) is 0 Å². The summed E-state index contributed by atoms with van der Waals surface area (Å²) >= 11 is 0. The third kappa shape index (κ3) is 5.37. The molecule has 5 nitrogen and oxygen atoms in total. The lowest BCUT2D eigenvalue weighted by atomic mass is 9.79. The second kappa shape index (κ2) is 10.8. The van der Waals surface area contributed by atoms with Crippen LogP contribution in [-0.2, 0) is 11.3 Å². The quantitative estimate of drug-likeness (QED) is 0.627. The lowest BCUT2D eigenvalue weighted by Gasteiger charge is -2.42. The highest BCUT2D eigenvalue weighted by atomic mass is 16.1. The predicted octanol–water partition coefficient (Wildman–Crippen LogP) is 4.72. The molecule has 1 saturated heterocycles. The number of para-hydroxylation sites is 1. The van der Waals surface area contributed by atoms with E-state index in [1.807, 2.05) is 6.92 Å². The van der Waals surface area contributed by atoms with Gasteiger partial charge in [-0.25, -0.2) is 0 Å². The number of carbonyl (C=O) groups excluding carboxylic acids is 1. The maximum Gasteiger partial charge on any atom is 0.234 e. The number of nitrogens with zero attached hydrogens (tertiary/aromatic N) is 2. The highest BCUT2D eigenvalue weighted by Crippen LogP contribution is 2.35. The zero-order valence-electron chi connectivity index (χ0n) is 20.3. The minimum atomic E-state index is 0.0594. The number of hydrogen-bond donors (Lipinski definition) is 2. The van der Waals surface area contributed by atoms with Crippen molar-refractivity contribution in [2.24, 2.45) is 11.8 Å². The number of benzene rings is 1. The second-order valence-corrected chi connectivity index (χ2v) is 10.2. The fraction of sp³-hybridized carbons (Fsp3) is 0.667. The Morgan fingerprint density at radius 3 is 2.44 bits per heavy atom. The van der Waals surface area contributed by atoms with Gasteiger partial charge in [0.25, 0.3) is 0 Å². The van der Waals surface area contributed by atoms with E-state index in [2.05, 4.69) is 64.4 Å². The molecule has 2 aliphatic rings. The van der Waals surface area contributed by atoms with E-state index in [9.17, 15) is 4.79 Å². The molecule has 1 aromatic carbocycles. The molecular formula is C27H42N4O. The van der Waals surface area contributed by atoms with Crippen molar-refractivity contribution >= 4 is 16.8 Å². The Kier molecular flexibility index (Phi) is 7.90. The second-order valence-electron chi connectivity index (χ2n) is 10.2. The van der Waals surface area contributed by atoms with Crippen molar-refractivity contribution < 1.29 is 4.79 Å². The van der Waals surface area contributed by atoms with Crippen LogP contribution >= 0.6 is 0 Å². The highest BCUT2D eigenvalue weighted by Gasteiger charge is 2.30. The molecule has 0 spiro atoms. The summed E-state index contributed by atoms with van der Waals surface area (Å²) in [6, 6.07) is 10.0. The zero-order chi connectivity index (χ0) is 22.5. The van der Waals surface area contributed by atoms with Crippen molar-refractivity contribution in [3.05, 3.63) is 36.0 Å². The van der Waals surface area contributed by atoms with E-state index in [-0.39, 0.29) is 5.91 Å². The van der Waals surface area contributed by atoms with E-state index in [0.717, 1.165) is 24.4 Å². The maximum atomic E-state index is 12.1. The van der Waals surface area contributed by atoms with Gasteiger partial charge in [0.15, 0.2) is 0 Å². The summed E-state index contributed by atoms with van der Waals surface area (Å²) in [5, 5.41) is 7.45. The molecule has 2 heterocycles. The molecule has 2 aromatic rings. The van der Waals surface area contributed by atoms with Crippen LogP contribution in [0.4, 0.5) is 0 Å². The molecule has 1 aliphatic heterocycles. The molecule has 0 unspecified atom stereocenters. The van der Waals surface area contributed by atoms with E-state index in [4.69, 9.17) is 0 Å². The Hall–Kier alpha value is -1.85. The molecule has 0 bridgehead atoms. The smallest absolute Gasteiger partial charge is 0.234 e. The largest absolute Gasteiger partial charge is 0.351 e. The fourth-order valence-electron chi connectivity index (χ4n) is 5.88. The van der Waals surface area contributed by atoms with Crippen LogP contribution in [0.15, 0.2) is 30.5 Å². The van der Waals surface area contributed by atoms with Crippen LogP contribution in [0.2, 0.25) is 0 Å². The highest BCUT2D eigenvalue weighted by molar-refractivity contribution is 5.85. The van der Waals surface area contributed by atoms with E-state index in [1.165, 1.54) is 68.1 Å². The van der Waals surface area contributed by atoms with E-state index >= 15 is 0 Å². The normalized spacial score (nSPS) is 23.1. The molecule has 0 atom stereocenters. The summed E-state index contributed by atoms with van der Waals surface area (Å²) in [6.45, 7) is 11.0. The van der Waals surface area contributed by atoms with Gasteiger partial charge in [-0.3, -0.25) is 4.79 Å². The Morgan fingerprint density at radius 1 is 1.03 bits per heavy atom. The monoisotopic (exact) mass is 438 g/mol. The number of hydrogen-bond acceptors (Lipinski definition) is 3. The predicted molar refractivity (Wildman–Crippen MR) is 133 cm³/mol. The molecule has 5 heteroatoms. The SMILES string of the molecule is CCNCC(=O)NCc1cn(C2CCN(C3CCC(C(C)C)CC3)CC2)c2ccccc12. The number of piperidine rings is 1. The Labute approximate surface area is 193 Å². The summed E-state index contributed by atoms with van der Waals surface area (Å²) in [4.78, 5) is 14.9. The Bertz CT molecular complexity index is 873. The van der Waals surface area contributed by atoms with Gasteiger partial charge in [0, 0.05) is 48.8 Å². The number of aromatic nitrogens is 1. The molecule has 2 N–H and O–H groups in total. The van der Waals surface area contributed by atoms with Crippen molar-refractivity contribution in [3.8, 4) is 0 Å². The molecular weight excluding hydrogens is 396 g/mol. The number of fused-ring (bicyclic) bond motifs is 1. The number of nitrogens with one attached hydrogen (secondary N) is 2. The summed E-state index contributed by atoms with van der Waals surface area (Å²) in [5.41, 5.74) is 2.53. The van der Waals surface area contributed by atoms with Crippen molar-refractivity contribution in [1.29, 1.82) is 0 Å². The molecule has 1 amide bonds. The number of likely N-dealkylation sites (N-methyl/N-ethyl adjacent to an activating group) is 1. The third-order valence-electron chi connectivity index (χ3n) is 7.93. The number of rotatable bonds is 8. The molecule has 32 heavy (non-hydrogen) atoms. The molecule has 4 rings (SSSR count). The van der Waals surface area contributed by atoms with Gasteiger partial charge in [0.1, 0.15) is 0 Å². The van der Waals surface area contributed by atoms with Gasteiger partial charge in [-0.2, -0.15) is 0 Å².